The highest BCUT2D eigenvalue weighted by Gasteiger charge is 2.25. The molecule has 1 rings (SSSR count). The van der Waals surface area contributed by atoms with Crippen LogP contribution >= 0.6 is 0 Å². The average molecular weight is 532 g/mol. The van der Waals surface area contributed by atoms with Crippen molar-refractivity contribution < 1.29 is 4.57 Å². The molecule has 0 spiro atoms. The van der Waals surface area contributed by atoms with Gasteiger partial charge in [-0.25, -0.2) is 9.55 Å². The normalized spacial score (nSPS) is 13.3. The van der Waals surface area contributed by atoms with E-state index in [0.29, 0.717) is 12.0 Å². The Balaban J connectivity index is 2.45. The van der Waals surface area contributed by atoms with E-state index in [0.717, 1.165) is 0 Å². The number of nitrogens with one attached hydrogen (secondary N) is 1. The van der Waals surface area contributed by atoms with E-state index in [9.17, 15) is 0 Å². The van der Waals surface area contributed by atoms with Gasteiger partial charge in [0, 0.05) is 0 Å². The van der Waals surface area contributed by atoms with Crippen LogP contribution in [0.3, 0.4) is 0 Å². The number of nitrogens with zero attached hydrogens (tertiary/aromatic N) is 1. The molecule has 1 N–H and O–H groups in total. The monoisotopic (exact) mass is 532 g/mol. The van der Waals surface area contributed by atoms with Crippen LogP contribution in [0.5, 0.6) is 0 Å². The molecule has 0 amide bonds. The second kappa shape index (κ2) is 26.4. The third-order valence-electron chi connectivity index (χ3n) is 8.89. The SMILES string of the molecule is CCCCCCCCCCCC(CCCCCCCC)c1[nH]cc[n+]1C(C)CCCCCCCCCCC. The molecule has 0 fully saturated rings. The van der Waals surface area contributed by atoms with Crippen LogP contribution in [0.1, 0.15) is 219 Å². The zero-order valence-electron chi connectivity index (χ0n) is 26.8. The van der Waals surface area contributed by atoms with Crippen LogP contribution in [0.15, 0.2) is 12.4 Å². The summed E-state index contributed by atoms with van der Waals surface area (Å²) in [5.74, 6) is 2.24. The van der Waals surface area contributed by atoms with Crippen LogP contribution in [-0.4, -0.2) is 4.98 Å². The Kier molecular flexibility index (Phi) is 24.5. The Morgan fingerprint density at radius 3 is 1.24 bits per heavy atom. The van der Waals surface area contributed by atoms with Crippen molar-refractivity contribution in [3.63, 3.8) is 0 Å². The lowest BCUT2D eigenvalue weighted by molar-refractivity contribution is -0.727. The van der Waals surface area contributed by atoms with Crippen LogP contribution in [0.2, 0.25) is 0 Å². The molecule has 224 valence electrons. The van der Waals surface area contributed by atoms with E-state index in [-0.39, 0.29) is 0 Å². The third-order valence-corrected chi connectivity index (χ3v) is 8.89. The Morgan fingerprint density at radius 1 is 0.500 bits per heavy atom. The Bertz CT molecular complexity index is 592. The number of unbranched alkanes of at least 4 members (excludes halogenated alkanes) is 21. The number of rotatable bonds is 29. The maximum absolute atomic E-state index is 3.73. The van der Waals surface area contributed by atoms with Gasteiger partial charge in [0.1, 0.15) is 12.4 Å². The highest BCUT2D eigenvalue weighted by Crippen LogP contribution is 2.27. The first-order valence-electron chi connectivity index (χ1n) is 17.8. The molecule has 1 heterocycles. The van der Waals surface area contributed by atoms with Gasteiger partial charge in [-0.3, -0.25) is 0 Å². The van der Waals surface area contributed by atoms with E-state index in [4.69, 9.17) is 0 Å². The van der Waals surface area contributed by atoms with Gasteiger partial charge in [-0.1, -0.05) is 168 Å². The maximum Gasteiger partial charge on any atom is 0.257 e. The number of imidazole rings is 1. The molecule has 0 aliphatic carbocycles. The molecule has 2 atom stereocenters. The molecule has 38 heavy (non-hydrogen) atoms. The van der Waals surface area contributed by atoms with Gasteiger partial charge < -0.3 is 0 Å². The summed E-state index contributed by atoms with van der Waals surface area (Å²) in [4.78, 5) is 3.73. The summed E-state index contributed by atoms with van der Waals surface area (Å²) in [5, 5.41) is 0. The number of aromatic amines is 1. The van der Waals surface area contributed by atoms with E-state index in [2.05, 4.69) is 49.6 Å². The average Bonchev–Trinajstić information content (AvgIpc) is 3.42. The van der Waals surface area contributed by atoms with Gasteiger partial charge in [-0.05, 0) is 32.6 Å². The van der Waals surface area contributed by atoms with Gasteiger partial charge in [0.25, 0.3) is 5.82 Å². The van der Waals surface area contributed by atoms with Crippen molar-refractivity contribution in [3.05, 3.63) is 18.2 Å². The third kappa shape index (κ3) is 18.5. The molecule has 0 radical (unpaired) electrons. The molecule has 2 nitrogen and oxygen atoms in total. The molecule has 0 aliphatic heterocycles. The number of H-pyrrole nitrogens is 1. The molecule has 1 aromatic heterocycles. The minimum atomic E-state index is 0.621. The summed E-state index contributed by atoms with van der Waals surface area (Å²) in [7, 11) is 0. The van der Waals surface area contributed by atoms with Crippen molar-refractivity contribution in [1.82, 2.24) is 4.98 Å². The van der Waals surface area contributed by atoms with E-state index in [1.807, 2.05) is 0 Å². The first-order valence-corrected chi connectivity index (χ1v) is 17.8. The lowest BCUT2D eigenvalue weighted by Crippen LogP contribution is -2.41. The predicted octanol–water partition coefficient (Wildman–Crippen LogP) is 12.5. The molecule has 0 saturated carbocycles. The molecule has 1 aromatic rings. The van der Waals surface area contributed by atoms with Crippen LogP contribution in [0.25, 0.3) is 0 Å². The highest BCUT2D eigenvalue weighted by molar-refractivity contribution is 4.90. The second-order valence-corrected chi connectivity index (χ2v) is 12.6. The number of hydrogen-bond donors (Lipinski definition) is 1. The van der Waals surface area contributed by atoms with Gasteiger partial charge in [0.2, 0.25) is 0 Å². The summed E-state index contributed by atoms with van der Waals surface area (Å²) in [6.07, 6.45) is 42.7. The lowest BCUT2D eigenvalue weighted by Gasteiger charge is -2.17. The Labute approximate surface area is 240 Å². The molecule has 0 aliphatic rings. The summed E-state index contributed by atoms with van der Waals surface area (Å²) in [6.45, 7) is 9.40. The zero-order chi connectivity index (χ0) is 27.5. The highest BCUT2D eigenvalue weighted by atomic mass is 15.1. The smallest absolute Gasteiger partial charge is 0.247 e. The van der Waals surface area contributed by atoms with Gasteiger partial charge >= 0.3 is 0 Å². The minimum Gasteiger partial charge on any atom is -0.247 e. The van der Waals surface area contributed by atoms with Crippen LogP contribution in [0.4, 0.5) is 0 Å². The molecule has 0 saturated heterocycles. The van der Waals surface area contributed by atoms with Crippen LogP contribution in [-0.2, 0) is 0 Å². The van der Waals surface area contributed by atoms with Crippen molar-refractivity contribution >= 4 is 0 Å². The minimum absolute atomic E-state index is 0.621. The molecular weight excluding hydrogens is 460 g/mol. The molecule has 2 heteroatoms. The second-order valence-electron chi connectivity index (χ2n) is 12.6. The fourth-order valence-electron chi connectivity index (χ4n) is 6.25. The molecule has 0 bridgehead atoms. The number of hydrogen-bond acceptors (Lipinski definition) is 0. The van der Waals surface area contributed by atoms with Crippen molar-refractivity contribution in [2.24, 2.45) is 0 Å². The molecular formula is C36H71N2+. The first kappa shape index (κ1) is 35.2. The summed E-state index contributed by atoms with van der Waals surface area (Å²) >= 11 is 0. The standard InChI is InChI=1S/C36H70N2/c1-5-8-11-14-17-19-21-23-26-29-34(4)38-33-32-37-36(38)35(30-27-24-16-13-10-7-3)31-28-25-22-20-18-15-12-9-6-2/h32-35H,5-31H2,1-4H3/p+1. The van der Waals surface area contributed by atoms with E-state index < -0.39 is 0 Å². The van der Waals surface area contributed by atoms with Gasteiger partial charge in [-0.2, -0.15) is 0 Å². The largest absolute Gasteiger partial charge is 0.257 e. The fraction of sp³-hybridized carbons (Fsp3) is 0.917. The maximum atomic E-state index is 3.73. The predicted molar refractivity (Wildman–Crippen MR) is 170 cm³/mol. The van der Waals surface area contributed by atoms with Crippen molar-refractivity contribution in [2.75, 3.05) is 0 Å². The van der Waals surface area contributed by atoms with Crippen molar-refractivity contribution in [1.29, 1.82) is 0 Å². The summed E-state index contributed by atoms with van der Waals surface area (Å²) in [6, 6.07) is 0.621. The zero-order valence-corrected chi connectivity index (χ0v) is 26.8. The number of aromatic nitrogens is 2. The van der Waals surface area contributed by atoms with Gasteiger partial charge in [-0.15, -0.1) is 0 Å². The van der Waals surface area contributed by atoms with Crippen LogP contribution in [0, 0.1) is 0 Å². The Morgan fingerprint density at radius 2 is 0.842 bits per heavy atom. The van der Waals surface area contributed by atoms with E-state index in [1.165, 1.54) is 179 Å². The van der Waals surface area contributed by atoms with Gasteiger partial charge in [0.15, 0.2) is 0 Å². The summed E-state index contributed by atoms with van der Waals surface area (Å²) < 4.78 is 2.63. The van der Waals surface area contributed by atoms with Crippen LogP contribution < -0.4 is 4.57 Å². The molecule has 0 aromatic carbocycles. The van der Waals surface area contributed by atoms with E-state index >= 15 is 0 Å². The van der Waals surface area contributed by atoms with E-state index in [1.54, 1.807) is 0 Å². The topological polar surface area (TPSA) is 19.7 Å². The van der Waals surface area contributed by atoms with Gasteiger partial charge in [0.05, 0.1) is 12.0 Å². The fourth-order valence-corrected chi connectivity index (χ4v) is 6.25. The molecule has 2 unspecified atom stereocenters. The van der Waals surface area contributed by atoms with Crippen molar-refractivity contribution in [2.45, 2.75) is 213 Å². The lowest BCUT2D eigenvalue weighted by atomic mass is 9.92. The van der Waals surface area contributed by atoms with Crippen molar-refractivity contribution in [3.8, 4) is 0 Å². The quantitative estimate of drug-likeness (QED) is 0.0783. The first-order chi connectivity index (χ1) is 18.7. The Hall–Kier alpha value is -0.790. The summed E-state index contributed by atoms with van der Waals surface area (Å²) in [5.41, 5.74) is 0.